The Morgan fingerprint density at radius 3 is 2.47 bits per heavy atom. The van der Waals surface area contributed by atoms with Crippen LogP contribution in [0.2, 0.25) is 0 Å². The molecule has 17 heteroatoms. The number of carbonyl (C=O) groups is 4. The zero-order chi connectivity index (χ0) is 25.7. The number of nitrogens with one attached hydrogen (secondary N) is 2. The number of aliphatic hydroxyl groups excluding tert-OH is 2. The number of hydrogen-bond acceptors (Lipinski definition) is 11. The molecule has 5 heterocycles. The van der Waals surface area contributed by atoms with Gasteiger partial charge in [0, 0.05) is 12.8 Å². The summed E-state index contributed by atoms with van der Waals surface area (Å²) in [7, 11) is -4.73. The van der Waals surface area contributed by atoms with Gasteiger partial charge in [-0.2, -0.15) is 0 Å². The smallest absolute Gasteiger partial charge is 0.394 e. The number of nitrogens with zero attached hydrogens (tertiary/aromatic N) is 2. The molecule has 0 spiro atoms. The monoisotopic (exact) mass is 532 g/mol. The highest BCUT2D eigenvalue weighted by Gasteiger charge is 2.76. The van der Waals surface area contributed by atoms with Gasteiger partial charge in [-0.05, 0) is 6.92 Å². The Labute approximate surface area is 203 Å². The number of urea groups is 2. The number of imide groups is 2. The summed E-state index contributed by atoms with van der Waals surface area (Å²) in [6.45, 7) is 0.336. The summed E-state index contributed by atoms with van der Waals surface area (Å²) in [4.78, 5) is 64.7. The predicted octanol–water partition coefficient (Wildman–Crippen LogP) is -2.44. The Kier molecular flexibility index (Phi) is 5.32. The Hall–Kier alpha value is -2.17. The highest BCUT2D eigenvalue weighted by atomic mass is 31.2. The number of aliphatic hydroxyl groups is 2. The third kappa shape index (κ3) is 3.23. The first-order chi connectivity index (χ1) is 17.0. The van der Waals surface area contributed by atoms with Gasteiger partial charge in [-0.15, -0.1) is 0 Å². The van der Waals surface area contributed by atoms with Crippen molar-refractivity contribution >= 4 is 31.7 Å². The molecule has 6 aliphatic rings. The van der Waals surface area contributed by atoms with Gasteiger partial charge in [0.25, 0.3) is 0 Å². The fourth-order valence-corrected chi connectivity index (χ4v) is 7.38. The fourth-order valence-electron chi connectivity index (χ4n) is 6.42. The second-order valence-electron chi connectivity index (χ2n) is 9.95. The first-order valence-corrected chi connectivity index (χ1v) is 13.0. The van der Waals surface area contributed by atoms with E-state index in [1.165, 1.54) is 16.7 Å². The molecule has 0 radical (unpaired) electrons. The van der Waals surface area contributed by atoms with Gasteiger partial charge in [0.05, 0.1) is 42.7 Å². The minimum Gasteiger partial charge on any atom is -0.394 e. The molecule has 6 amide bonds. The number of hydrogen-bond donors (Lipinski definition) is 5. The largest absolute Gasteiger partial charge is 0.472 e. The molecule has 0 aromatic carbocycles. The zero-order valence-electron chi connectivity index (χ0n) is 18.9. The standard InChI is InChI=1S/C19H25N4O12P/c1-19-12-13-14(19)23(18(29)21-16(19)27)10-2-6(25)9(34-10)5-32-36(30,31)35-7-3-11(33-8(7)4-24)22(13)17(28)20-15(12)26/h6-14,24-25H,2-5H2,1H3,(H,30,31)(H,20,26,28)(H,21,27,29)/t6?,7?,8-,9-,10+,11+,12+,13+,14-,19+/m0/s1. The van der Waals surface area contributed by atoms with E-state index in [9.17, 15) is 38.8 Å². The lowest BCUT2D eigenvalue weighted by Gasteiger charge is -2.67. The molecule has 36 heavy (non-hydrogen) atoms. The van der Waals surface area contributed by atoms with Crippen LogP contribution in [0, 0.1) is 11.3 Å². The van der Waals surface area contributed by atoms with Crippen molar-refractivity contribution in [2.45, 2.75) is 68.7 Å². The van der Waals surface area contributed by atoms with E-state index >= 15 is 0 Å². The molecule has 5 saturated heterocycles. The van der Waals surface area contributed by atoms with Crippen LogP contribution >= 0.6 is 7.82 Å². The Morgan fingerprint density at radius 1 is 1.06 bits per heavy atom. The van der Waals surface area contributed by atoms with Crippen molar-refractivity contribution in [2.75, 3.05) is 13.2 Å². The minimum atomic E-state index is -4.73. The van der Waals surface area contributed by atoms with Gasteiger partial charge in [0.2, 0.25) is 11.8 Å². The number of phosphoric acid groups is 1. The molecule has 16 nitrogen and oxygen atoms in total. The molecule has 5 aliphatic heterocycles. The van der Waals surface area contributed by atoms with E-state index in [2.05, 4.69) is 10.6 Å². The minimum absolute atomic E-state index is 0.120. The third-order valence-electron chi connectivity index (χ3n) is 8.09. The average molecular weight is 532 g/mol. The van der Waals surface area contributed by atoms with E-state index in [1.54, 1.807) is 0 Å². The van der Waals surface area contributed by atoms with E-state index in [-0.39, 0.29) is 12.8 Å². The van der Waals surface area contributed by atoms with E-state index < -0.39 is 105 Å². The van der Waals surface area contributed by atoms with Crippen LogP contribution in [-0.4, -0.2) is 111 Å². The quantitative estimate of drug-likeness (QED) is 0.223. The van der Waals surface area contributed by atoms with Gasteiger partial charge in [0.15, 0.2) is 0 Å². The summed E-state index contributed by atoms with van der Waals surface area (Å²) in [5.74, 6) is -2.45. The number of carbonyl (C=O) groups excluding carboxylic acids is 4. The van der Waals surface area contributed by atoms with Crippen molar-refractivity contribution in [3.63, 3.8) is 0 Å². The Bertz CT molecular complexity index is 1090. The first-order valence-electron chi connectivity index (χ1n) is 11.5. The summed E-state index contributed by atoms with van der Waals surface area (Å²) in [5.41, 5.74) is -1.44. The van der Waals surface area contributed by atoms with Crippen LogP contribution in [0.3, 0.4) is 0 Å². The molecule has 6 rings (SSSR count). The molecule has 198 valence electrons. The lowest BCUT2D eigenvalue weighted by molar-refractivity contribution is -0.213. The van der Waals surface area contributed by atoms with Gasteiger partial charge in [-0.25, -0.2) is 14.2 Å². The van der Waals surface area contributed by atoms with Crippen molar-refractivity contribution in [2.24, 2.45) is 11.3 Å². The van der Waals surface area contributed by atoms with Crippen LogP contribution in [0.4, 0.5) is 9.59 Å². The van der Waals surface area contributed by atoms with Gasteiger partial charge in [0.1, 0.15) is 30.8 Å². The van der Waals surface area contributed by atoms with Gasteiger partial charge < -0.3 is 24.6 Å². The summed E-state index contributed by atoms with van der Waals surface area (Å²) in [6, 6.07) is -3.72. The maximum atomic E-state index is 13.1. The van der Waals surface area contributed by atoms with Gasteiger partial charge in [-0.1, -0.05) is 0 Å². The number of ether oxygens (including phenoxy) is 2. The molecule has 1 saturated carbocycles. The molecule has 1 aliphatic carbocycles. The van der Waals surface area contributed by atoms with Crippen LogP contribution in [-0.2, 0) is 32.7 Å². The lowest BCUT2D eigenvalue weighted by Crippen LogP contribution is -2.88. The molecule has 5 N–H and O–H groups in total. The SMILES string of the molecule is C[C@]12C(=O)NC(=O)N3[C@H]1[C@H]1[C@@H]2C(=O)NC(=O)N1[C@H]1CC(OP(=O)(O)OC[C@@H]2O[C@@H]3CC2O)[C@H](CO)O1. The van der Waals surface area contributed by atoms with E-state index in [0.29, 0.717) is 0 Å². The van der Waals surface area contributed by atoms with Crippen LogP contribution in [0.5, 0.6) is 0 Å². The Morgan fingerprint density at radius 2 is 1.75 bits per heavy atom. The van der Waals surface area contributed by atoms with E-state index in [4.69, 9.17) is 18.5 Å². The fraction of sp³-hybridized carbons (Fsp3) is 0.789. The molecule has 4 bridgehead atoms. The van der Waals surface area contributed by atoms with Crippen LogP contribution in [0.15, 0.2) is 0 Å². The Balaban J connectivity index is 1.46. The molecule has 0 aromatic rings. The molecular weight excluding hydrogens is 507 g/mol. The number of fused-ring (bicyclic) bond motifs is 7. The third-order valence-corrected chi connectivity index (χ3v) is 9.11. The first kappa shape index (κ1) is 24.2. The number of phosphoric ester groups is 1. The van der Waals surface area contributed by atoms with Crippen molar-refractivity contribution in [1.29, 1.82) is 0 Å². The maximum absolute atomic E-state index is 13.1. The van der Waals surface area contributed by atoms with Crippen LogP contribution in [0.1, 0.15) is 19.8 Å². The lowest BCUT2D eigenvalue weighted by atomic mass is 9.50. The highest BCUT2D eigenvalue weighted by molar-refractivity contribution is 7.47. The van der Waals surface area contributed by atoms with Crippen molar-refractivity contribution < 1.29 is 57.4 Å². The van der Waals surface area contributed by atoms with Crippen molar-refractivity contribution in [3.05, 3.63) is 0 Å². The van der Waals surface area contributed by atoms with Crippen LogP contribution in [0.25, 0.3) is 0 Å². The summed E-state index contributed by atoms with van der Waals surface area (Å²) >= 11 is 0. The number of amides is 6. The molecule has 3 unspecified atom stereocenters. The molecular formula is C19H25N4O12P. The number of rotatable bonds is 1. The topological polar surface area (TPSA) is 213 Å². The second-order valence-corrected chi connectivity index (χ2v) is 11.4. The predicted molar refractivity (Wildman–Crippen MR) is 110 cm³/mol. The summed E-state index contributed by atoms with van der Waals surface area (Å²) < 4.78 is 34.4. The van der Waals surface area contributed by atoms with Crippen molar-refractivity contribution in [3.8, 4) is 0 Å². The summed E-state index contributed by atoms with van der Waals surface area (Å²) in [6.07, 6.45) is -7.14. The summed E-state index contributed by atoms with van der Waals surface area (Å²) in [5, 5.41) is 24.8. The van der Waals surface area contributed by atoms with Gasteiger partial charge >= 0.3 is 19.9 Å². The molecule has 6 fully saturated rings. The zero-order valence-corrected chi connectivity index (χ0v) is 19.8. The average Bonchev–Trinajstić information content (AvgIpc) is 3.35. The van der Waals surface area contributed by atoms with Gasteiger partial charge in [-0.3, -0.25) is 39.1 Å². The van der Waals surface area contributed by atoms with E-state index in [0.717, 1.165) is 0 Å². The molecule has 0 aromatic heterocycles. The van der Waals surface area contributed by atoms with Crippen LogP contribution < -0.4 is 10.6 Å². The molecule has 11 atom stereocenters. The normalized spacial score (nSPS) is 50.2. The highest BCUT2D eigenvalue weighted by Crippen LogP contribution is 2.57. The second kappa shape index (κ2) is 7.91. The maximum Gasteiger partial charge on any atom is 0.472 e. The van der Waals surface area contributed by atoms with E-state index in [1.807, 2.05) is 0 Å². The van der Waals surface area contributed by atoms with Crippen molar-refractivity contribution in [1.82, 2.24) is 20.4 Å².